The molecule has 0 saturated carbocycles. The molecule has 1 aromatic heterocycles. The Morgan fingerprint density at radius 2 is 2.22 bits per heavy atom. The third-order valence-corrected chi connectivity index (χ3v) is 4.53. The van der Waals surface area contributed by atoms with Gasteiger partial charge in [0.15, 0.2) is 12.3 Å². The topological polar surface area (TPSA) is 58.8 Å². The summed E-state index contributed by atoms with van der Waals surface area (Å²) < 4.78 is 48.7. The number of carbonyl (C=O) groups excluding carboxylic acids is 1. The van der Waals surface area contributed by atoms with Crippen LogP contribution in [0.4, 0.5) is 13.2 Å². The second-order valence-electron chi connectivity index (χ2n) is 6.56. The SMILES string of the molecule is CN1CCC(N(C)C(=O)c2coc(COc3cccc(C(F)(F)F)c3)n2)C1. The summed E-state index contributed by atoms with van der Waals surface area (Å²) in [6, 6.07) is 4.65. The average molecular weight is 383 g/mol. The second-order valence-corrected chi connectivity index (χ2v) is 6.56. The fourth-order valence-corrected chi connectivity index (χ4v) is 2.96. The van der Waals surface area contributed by atoms with E-state index in [0.717, 1.165) is 31.6 Å². The van der Waals surface area contributed by atoms with Gasteiger partial charge in [-0.05, 0) is 38.2 Å². The van der Waals surface area contributed by atoms with Crippen LogP contribution in [-0.2, 0) is 12.8 Å². The van der Waals surface area contributed by atoms with Crippen molar-refractivity contribution in [1.29, 1.82) is 0 Å². The van der Waals surface area contributed by atoms with E-state index in [0.29, 0.717) is 0 Å². The summed E-state index contributed by atoms with van der Waals surface area (Å²) in [5, 5.41) is 0. The predicted octanol–water partition coefficient (Wildman–Crippen LogP) is 3.05. The van der Waals surface area contributed by atoms with Crippen LogP contribution in [0.15, 0.2) is 34.9 Å². The lowest BCUT2D eigenvalue weighted by Crippen LogP contribution is -2.38. The van der Waals surface area contributed by atoms with Gasteiger partial charge in [0.25, 0.3) is 5.91 Å². The Kier molecular flexibility index (Phi) is 5.41. The zero-order valence-corrected chi connectivity index (χ0v) is 15.0. The molecule has 146 valence electrons. The number of alkyl halides is 3. The molecule has 6 nitrogen and oxygen atoms in total. The zero-order chi connectivity index (χ0) is 19.6. The highest BCUT2D eigenvalue weighted by molar-refractivity contribution is 5.92. The Bertz CT molecular complexity index is 806. The molecule has 1 aliphatic rings. The molecule has 0 bridgehead atoms. The van der Waals surface area contributed by atoms with Crippen LogP contribution in [0.2, 0.25) is 0 Å². The van der Waals surface area contributed by atoms with Gasteiger partial charge in [0.05, 0.1) is 5.56 Å². The molecule has 0 radical (unpaired) electrons. The second kappa shape index (κ2) is 7.59. The largest absolute Gasteiger partial charge is 0.484 e. The first-order valence-corrected chi connectivity index (χ1v) is 8.44. The van der Waals surface area contributed by atoms with Gasteiger partial charge in [-0.3, -0.25) is 4.79 Å². The monoisotopic (exact) mass is 383 g/mol. The van der Waals surface area contributed by atoms with E-state index in [1.165, 1.54) is 18.4 Å². The molecule has 2 heterocycles. The van der Waals surface area contributed by atoms with Gasteiger partial charge in [-0.1, -0.05) is 6.07 Å². The molecule has 0 aliphatic carbocycles. The third-order valence-electron chi connectivity index (χ3n) is 4.53. The van der Waals surface area contributed by atoms with E-state index < -0.39 is 11.7 Å². The predicted molar refractivity (Wildman–Crippen MR) is 90.3 cm³/mol. The number of oxazole rings is 1. The average Bonchev–Trinajstić information content (AvgIpc) is 3.27. The third kappa shape index (κ3) is 4.60. The summed E-state index contributed by atoms with van der Waals surface area (Å²) in [5.41, 5.74) is -0.652. The molecule has 0 spiro atoms. The molecule has 1 aromatic carbocycles. The Morgan fingerprint density at radius 1 is 1.44 bits per heavy atom. The highest BCUT2D eigenvalue weighted by Crippen LogP contribution is 2.31. The summed E-state index contributed by atoms with van der Waals surface area (Å²) in [6.07, 6.45) is -2.31. The van der Waals surface area contributed by atoms with E-state index in [1.807, 2.05) is 7.05 Å². The molecule has 2 aromatic rings. The maximum atomic E-state index is 12.7. The number of amides is 1. The van der Waals surface area contributed by atoms with Crippen molar-refractivity contribution in [2.45, 2.75) is 25.2 Å². The number of likely N-dealkylation sites (N-methyl/N-ethyl adjacent to an activating group) is 2. The number of carbonyl (C=O) groups is 1. The summed E-state index contributed by atoms with van der Waals surface area (Å²) in [7, 11) is 3.72. The highest BCUT2D eigenvalue weighted by atomic mass is 19.4. The first-order chi connectivity index (χ1) is 12.7. The van der Waals surface area contributed by atoms with Crippen molar-refractivity contribution >= 4 is 5.91 Å². The van der Waals surface area contributed by atoms with Crippen LogP contribution in [-0.4, -0.2) is 53.9 Å². The molecule has 3 rings (SSSR count). The Morgan fingerprint density at radius 3 is 2.89 bits per heavy atom. The van der Waals surface area contributed by atoms with Crippen LogP contribution < -0.4 is 4.74 Å². The van der Waals surface area contributed by atoms with E-state index in [9.17, 15) is 18.0 Å². The van der Waals surface area contributed by atoms with Crippen LogP contribution in [0.5, 0.6) is 5.75 Å². The van der Waals surface area contributed by atoms with Crippen molar-refractivity contribution in [1.82, 2.24) is 14.8 Å². The van der Waals surface area contributed by atoms with Crippen molar-refractivity contribution in [3.05, 3.63) is 47.7 Å². The number of nitrogens with zero attached hydrogens (tertiary/aromatic N) is 3. The van der Waals surface area contributed by atoms with Gasteiger partial charge in [0.1, 0.15) is 12.0 Å². The van der Waals surface area contributed by atoms with Gasteiger partial charge in [0, 0.05) is 19.6 Å². The van der Waals surface area contributed by atoms with Crippen LogP contribution in [0, 0.1) is 0 Å². The normalized spacial score (nSPS) is 17.9. The number of benzene rings is 1. The molecule has 1 amide bonds. The van der Waals surface area contributed by atoms with Crippen LogP contribution in [0.1, 0.15) is 28.4 Å². The van der Waals surface area contributed by atoms with E-state index in [-0.39, 0.29) is 35.9 Å². The lowest BCUT2D eigenvalue weighted by atomic mass is 10.2. The van der Waals surface area contributed by atoms with Crippen molar-refractivity contribution in [3.63, 3.8) is 0 Å². The number of ether oxygens (including phenoxy) is 1. The number of likely N-dealkylation sites (tertiary alicyclic amines) is 1. The molecular weight excluding hydrogens is 363 g/mol. The minimum atomic E-state index is -4.44. The van der Waals surface area contributed by atoms with Gasteiger partial charge in [0.2, 0.25) is 5.89 Å². The molecule has 1 aliphatic heterocycles. The van der Waals surface area contributed by atoms with Gasteiger partial charge in [-0.25, -0.2) is 4.98 Å². The number of halogens is 3. The summed E-state index contributed by atoms with van der Waals surface area (Å²) in [6.45, 7) is 1.55. The Hall–Kier alpha value is -2.55. The quantitative estimate of drug-likeness (QED) is 0.794. The van der Waals surface area contributed by atoms with Crippen LogP contribution >= 0.6 is 0 Å². The summed E-state index contributed by atoms with van der Waals surface area (Å²) in [4.78, 5) is 20.4. The Labute approximate surface area is 154 Å². The number of hydrogen-bond acceptors (Lipinski definition) is 5. The van der Waals surface area contributed by atoms with Gasteiger partial charge in [-0.15, -0.1) is 0 Å². The first-order valence-electron chi connectivity index (χ1n) is 8.44. The van der Waals surface area contributed by atoms with E-state index in [4.69, 9.17) is 9.15 Å². The smallest absolute Gasteiger partial charge is 0.416 e. The molecule has 27 heavy (non-hydrogen) atoms. The molecule has 0 N–H and O–H groups in total. The molecule has 9 heteroatoms. The van der Waals surface area contributed by atoms with Crippen molar-refractivity contribution in [3.8, 4) is 5.75 Å². The van der Waals surface area contributed by atoms with Crippen molar-refractivity contribution in [2.75, 3.05) is 27.2 Å². The van der Waals surface area contributed by atoms with Gasteiger partial charge >= 0.3 is 6.18 Å². The summed E-state index contributed by atoms with van der Waals surface area (Å²) >= 11 is 0. The van der Waals surface area contributed by atoms with E-state index in [1.54, 1.807) is 11.9 Å². The number of hydrogen-bond donors (Lipinski definition) is 0. The minimum Gasteiger partial charge on any atom is -0.484 e. The highest BCUT2D eigenvalue weighted by Gasteiger charge is 2.31. The summed E-state index contributed by atoms with van der Waals surface area (Å²) in [5.74, 6) is -0.0981. The minimum absolute atomic E-state index is 0.0435. The maximum Gasteiger partial charge on any atom is 0.416 e. The molecule has 1 unspecified atom stereocenters. The molecule has 1 fully saturated rings. The fraction of sp³-hybridized carbons (Fsp3) is 0.444. The molecular formula is C18H20F3N3O3. The standard InChI is InChI=1S/C18H20F3N3O3/c1-23-7-6-13(9-23)24(2)17(25)15-10-27-16(22-15)11-26-14-5-3-4-12(8-14)18(19,20)21/h3-5,8,10,13H,6-7,9,11H2,1-2H3. The van der Waals surface area contributed by atoms with Gasteiger partial charge in [-0.2, -0.15) is 13.2 Å². The maximum absolute atomic E-state index is 12.7. The van der Waals surface area contributed by atoms with E-state index in [2.05, 4.69) is 9.88 Å². The van der Waals surface area contributed by atoms with Crippen molar-refractivity contribution < 1.29 is 27.1 Å². The number of aromatic nitrogens is 1. The zero-order valence-electron chi connectivity index (χ0n) is 15.0. The fourth-order valence-electron chi connectivity index (χ4n) is 2.96. The Balaban J connectivity index is 1.60. The van der Waals surface area contributed by atoms with Crippen LogP contribution in [0.25, 0.3) is 0 Å². The molecule has 1 saturated heterocycles. The van der Waals surface area contributed by atoms with E-state index >= 15 is 0 Å². The van der Waals surface area contributed by atoms with Gasteiger partial charge < -0.3 is 19.0 Å². The van der Waals surface area contributed by atoms with Crippen molar-refractivity contribution in [2.24, 2.45) is 0 Å². The molecule has 1 atom stereocenters. The number of rotatable bonds is 5. The lowest BCUT2D eigenvalue weighted by molar-refractivity contribution is -0.137. The van der Waals surface area contributed by atoms with Crippen LogP contribution in [0.3, 0.4) is 0 Å². The first kappa shape index (κ1) is 19.2. The lowest BCUT2D eigenvalue weighted by Gasteiger charge is -2.23.